The minimum atomic E-state index is -0.752. The highest BCUT2D eigenvalue weighted by Gasteiger charge is 2.48. The molecule has 2 fully saturated rings. The van der Waals surface area contributed by atoms with Crippen molar-refractivity contribution in [2.24, 2.45) is 11.8 Å². The number of nitrogens with zero attached hydrogens (tertiary/aromatic N) is 3. The Balaban J connectivity index is 0.988. The summed E-state index contributed by atoms with van der Waals surface area (Å²) in [5.74, 6) is 0.567. The summed E-state index contributed by atoms with van der Waals surface area (Å²) >= 11 is 0. The Labute approximate surface area is 329 Å². The van der Waals surface area contributed by atoms with Crippen molar-refractivity contribution < 1.29 is 9.59 Å². The number of carbonyl (C=O) groups is 2. The Morgan fingerprint density at radius 2 is 1.30 bits per heavy atom. The number of imidazole rings is 1. The fraction of sp³-hybridized carbons (Fsp3) is 0.245. The third-order valence-corrected chi connectivity index (χ3v) is 12.3. The molecule has 9 rings (SSSR count). The van der Waals surface area contributed by atoms with E-state index in [9.17, 15) is 9.59 Å². The second-order valence-electron chi connectivity index (χ2n) is 15.4. The lowest BCUT2D eigenvalue weighted by Crippen LogP contribution is -2.49. The molecular weight excluding hydrogens is 691 g/mol. The van der Waals surface area contributed by atoms with E-state index in [2.05, 4.69) is 147 Å². The maximum atomic E-state index is 14.7. The van der Waals surface area contributed by atoms with E-state index in [0.717, 1.165) is 54.5 Å². The minimum Gasteiger partial charge on any atom is -0.378 e. The van der Waals surface area contributed by atoms with Crippen LogP contribution in [0.25, 0.3) is 6.08 Å². The highest BCUT2D eigenvalue weighted by atomic mass is 16.2. The maximum Gasteiger partial charge on any atom is 0.244 e. The van der Waals surface area contributed by atoms with Crippen LogP contribution in [-0.4, -0.2) is 38.9 Å². The summed E-state index contributed by atoms with van der Waals surface area (Å²) in [4.78, 5) is 35.5. The molecule has 1 aromatic heterocycles. The number of benzene rings is 5. The van der Waals surface area contributed by atoms with Gasteiger partial charge in [0, 0.05) is 42.7 Å². The zero-order valence-electron chi connectivity index (χ0n) is 31.5. The van der Waals surface area contributed by atoms with Crippen LogP contribution in [0.15, 0.2) is 164 Å². The predicted octanol–water partition coefficient (Wildman–Crippen LogP) is 9.17. The first-order valence-corrected chi connectivity index (χ1v) is 20.0. The number of amides is 2. The molecule has 3 aliphatic rings. The smallest absolute Gasteiger partial charge is 0.244 e. The second kappa shape index (κ2) is 15.5. The van der Waals surface area contributed by atoms with E-state index >= 15 is 0 Å². The van der Waals surface area contributed by atoms with Gasteiger partial charge in [-0.2, -0.15) is 0 Å². The van der Waals surface area contributed by atoms with E-state index in [1.807, 2.05) is 24.4 Å². The largest absolute Gasteiger partial charge is 0.378 e. The van der Waals surface area contributed by atoms with Gasteiger partial charge in [0.2, 0.25) is 11.8 Å². The van der Waals surface area contributed by atoms with Crippen LogP contribution in [0, 0.1) is 11.8 Å². The lowest BCUT2D eigenvalue weighted by Gasteiger charge is -2.42. The van der Waals surface area contributed by atoms with Gasteiger partial charge in [-0.15, -0.1) is 0 Å². The quantitative estimate of drug-likeness (QED) is 0.115. The molecule has 2 aliphatic heterocycles. The minimum absolute atomic E-state index is 0.0127. The molecule has 1 saturated carbocycles. The topological polar surface area (TPSA) is 79.3 Å². The van der Waals surface area contributed by atoms with Gasteiger partial charge in [-0.25, -0.2) is 4.98 Å². The number of aromatic nitrogens is 2. The van der Waals surface area contributed by atoms with Gasteiger partial charge in [-0.3, -0.25) is 9.59 Å². The van der Waals surface area contributed by atoms with Gasteiger partial charge in [0.05, 0.1) is 18.0 Å². The molecule has 56 heavy (non-hydrogen) atoms. The summed E-state index contributed by atoms with van der Waals surface area (Å²) in [6, 6.07) is 50.2. The van der Waals surface area contributed by atoms with Crippen LogP contribution in [0.3, 0.4) is 0 Å². The number of nitrogens with one attached hydrogen (secondary N) is 2. The van der Waals surface area contributed by atoms with Crippen LogP contribution >= 0.6 is 0 Å². The molecule has 3 heterocycles. The number of para-hydroxylation sites is 1. The Bertz CT molecular complexity index is 2210. The van der Waals surface area contributed by atoms with Crippen molar-refractivity contribution in [3.05, 3.63) is 198 Å². The first kappa shape index (κ1) is 35.5. The Morgan fingerprint density at radius 3 is 1.96 bits per heavy atom. The normalized spacial score (nSPS) is 21.9. The van der Waals surface area contributed by atoms with Crippen molar-refractivity contribution in [1.29, 1.82) is 0 Å². The van der Waals surface area contributed by atoms with E-state index in [1.54, 1.807) is 18.3 Å². The van der Waals surface area contributed by atoms with Crippen molar-refractivity contribution in [3.8, 4) is 0 Å². The molecule has 1 saturated heterocycles. The summed E-state index contributed by atoms with van der Waals surface area (Å²) in [5.41, 5.74) is 6.00. The monoisotopic (exact) mass is 737 g/mol. The number of hydrogen-bond acceptors (Lipinski definition) is 4. The molecule has 2 N–H and O–H groups in total. The Kier molecular flexibility index (Phi) is 9.82. The van der Waals surface area contributed by atoms with Gasteiger partial charge in [-0.05, 0) is 59.2 Å². The molecule has 5 aromatic carbocycles. The Morgan fingerprint density at radius 1 is 0.714 bits per heavy atom. The fourth-order valence-electron chi connectivity index (χ4n) is 9.83. The standard InChI is InChI=1S/C49H47N5O2/c55-45(30-29-44-50-32-34-54(44)49(36-19-7-2-8-20-36,37-21-9-3-10-22-37)38-23-11-4-12-24-38)51-43-28-16-14-26-40(43)48(56)53-33-31-41-46(35-17-5-1-6-18-35)52-42-27-15-13-25-39(42)47(41)53/h1-13,15,17-25,27,29-30,32,34,40-41,43,46-47,52H,14,16,26,28,31,33H2,(H,51,55)/b30-29+/t40-,41-,43+,46-,47-/m0/s1. The molecule has 280 valence electrons. The average molecular weight is 738 g/mol. The summed E-state index contributed by atoms with van der Waals surface area (Å²) in [5, 5.41) is 7.11. The number of likely N-dealkylation sites (tertiary alicyclic amines) is 1. The number of carbonyl (C=O) groups excluding carboxylic acids is 2. The third kappa shape index (κ3) is 6.41. The SMILES string of the molecule is O=C(/C=C/c1nccn1C(c1ccccc1)(c1ccccc1)c1ccccc1)N[C@@H]1CCCC[C@@H]1C(=O)N1CC[C@H]2[C@H](c3ccccc3)Nc3ccccc3[C@@H]21. The van der Waals surface area contributed by atoms with E-state index in [0.29, 0.717) is 12.4 Å². The predicted molar refractivity (Wildman–Crippen MR) is 222 cm³/mol. The molecule has 0 bridgehead atoms. The van der Waals surface area contributed by atoms with E-state index in [-0.39, 0.29) is 41.8 Å². The molecule has 0 unspecified atom stereocenters. The lowest BCUT2D eigenvalue weighted by molar-refractivity contribution is -0.139. The van der Waals surface area contributed by atoms with Crippen LogP contribution in [-0.2, 0) is 15.1 Å². The Hall–Kier alpha value is -6.21. The van der Waals surface area contributed by atoms with Crippen LogP contribution < -0.4 is 10.6 Å². The zero-order chi connectivity index (χ0) is 37.9. The van der Waals surface area contributed by atoms with Crippen LogP contribution in [0.5, 0.6) is 0 Å². The van der Waals surface area contributed by atoms with E-state index in [1.165, 1.54) is 11.1 Å². The highest BCUT2D eigenvalue weighted by molar-refractivity contribution is 5.92. The first-order valence-electron chi connectivity index (χ1n) is 20.0. The molecular formula is C49H47N5O2. The highest BCUT2D eigenvalue weighted by Crippen LogP contribution is 2.52. The fourth-order valence-corrected chi connectivity index (χ4v) is 9.83. The molecule has 7 heteroatoms. The van der Waals surface area contributed by atoms with E-state index < -0.39 is 5.54 Å². The van der Waals surface area contributed by atoms with Gasteiger partial charge in [0.1, 0.15) is 11.4 Å². The van der Waals surface area contributed by atoms with Crippen molar-refractivity contribution in [2.45, 2.75) is 55.8 Å². The summed E-state index contributed by atoms with van der Waals surface area (Å²) in [6.45, 7) is 0.708. The van der Waals surface area contributed by atoms with Crippen molar-refractivity contribution in [2.75, 3.05) is 11.9 Å². The van der Waals surface area contributed by atoms with Crippen LogP contribution in [0.2, 0.25) is 0 Å². The van der Waals surface area contributed by atoms with Crippen LogP contribution in [0.1, 0.15) is 77.8 Å². The summed E-state index contributed by atoms with van der Waals surface area (Å²) in [6.07, 6.45) is 11.6. The summed E-state index contributed by atoms with van der Waals surface area (Å²) < 4.78 is 2.16. The van der Waals surface area contributed by atoms with Gasteiger partial charge in [0.25, 0.3) is 0 Å². The number of rotatable bonds is 9. The van der Waals surface area contributed by atoms with Crippen molar-refractivity contribution >= 4 is 23.6 Å². The van der Waals surface area contributed by atoms with E-state index in [4.69, 9.17) is 4.98 Å². The molecule has 2 amide bonds. The summed E-state index contributed by atoms with van der Waals surface area (Å²) in [7, 11) is 0. The molecule has 0 radical (unpaired) electrons. The number of fused-ring (bicyclic) bond motifs is 3. The van der Waals surface area contributed by atoms with Gasteiger partial charge in [-0.1, -0.05) is 152 Å². The van der Waals surface area contributed by atoms with Gasteiger partial charge < -0.3 is 20.1 Å². The molecule has 5 atom stereocenters. The van der Waals surface area contributed by atoms with Crippen LogP contribution in [0.4, 0.5) is 5.69 Å². The molecule has 1 aliphatic carbocycles. The lowest BCUT2D eigenvalue weighted by atomic mass is 9.76. The maximum absolute atomic E-state index is 14.7. The number of hydrogen-bond donors (Lipinski definition) is 2. The van der Waals surface area contributed by atoms with Crippen molar-refractivity contribution in [3.63, 3.8) is 0 Å². The second-order valence-corrected chi connectivity index (χ2v) is 15.4. The zero-order valence-corrected chi connectivity index (χ0v) is 31.5. The average Bonchev–Trinajstić information content (AvgIpc) is 3.93. The van der Waals surface area contributed by atoms with Gasteiger partial charge in [0.15, 0.2) is 0 Å². The third-order valence-electron chi connectivity index (χ3n) is 12.3. The molecule has 6 aromatic rings. The van der Waals surface area contributed by atoms with Gasteiger partial charge >= 0.3 is 0 Å². The van der Waals surface area contributed by atoms with Crippen molar-refractivity contribution in [1.82, 2.24) is 19.8 Å². The number of anilines is 1. The molecule has 0 spiro atoms. The first-order chi connectivity index (χ1) is 27.6. The molecule has 7 nitrogen and oxygen atoms in total.